The molecule has 9 nitrogen and oxygen atoms in total. The van der Waals surface area contributed by atoms with Crippen LogP contribution in [0, 0.1) is 0 Å². The molecule has 1 unspecified atom stereocenters. The van der Waals surface area contributed by atoms with Crippen LogP contribution in [-0.4, -0.2) is 55.8 Å². The number of carbonyl (C=O) groups is 3. The second-order valence-electron chi connectivity index (χ2n) is 7.41. The van der Waals surface area contributed by atoms with Crippen molar-refractivity contribution < 1.29 is 24.2 Å². The Bertz CT molecular complexity index is 899. The van der Waals surface area contributed by atoms with Crippen LogP contribution in [0.2, 0.25) is 0 Å². The van der Waals surface area contributed by atoms with Gasteiger partial charge in [-0.1, -0.05) is 0 Å². The Morgan fingerprint density at radius 2 is 2.15 bits per heavy atom. The Morgan fingerprint density at radius 1 is 1.41 bits per heavy atom. The van der Waals surface area contributed by atoms with Crippen LogP contribution in [0.3, 0.4) is 0 Å². The maximum absolute atomic E-state index is 12.6. The lowest BCUT2D eigenvalue weighted by Gasteiger charge is -2.21. The topological polar surface area (TPSA) is 114 Å². The molecule has 2 N–H and O–H groups in total. The van der Waals surface area contributed by atoms with Crippen molar-refractivity contribution >= 4 is 29.1 Å². The summed E-state index contributed by atoms with van der Waals surface area (Å²) in [5.74, 6) is -0.268. The van der Waals surface area contributed by atoms with E-state index in [4.69, 9.17) is 4.74 Å². The number of nitrogens with one attached hydrogen (secondary N) is 1. The molecule has 1 saturated heterocycles. The second-order valence-corrected chi connectivity index (χ2v) is 7.41. The van der Waals surface area contributed by atoms with E-state index in [1.165, 1.54) is 4.90 Å². The van der Waals surface area contributed by atoms with E-state index in [2.05, 4.69) is 10.3 Å². The molecule has 9 heteroatoms. The predicted molar refractivity (Wildman–Crippen MR) is 96.3 cm³/mol. The normalized spacial score (nSPS) is 17.4. The summed E-state index contributed by atoms with van der Waals surface area (Å²) in [5.41, 5.74) is 0.809. The maximum atomic E-state index is 12.6. The van der Waals surface area contributed by atoms with E-state index >= 15 is 0 Å². The first-order valence-electron chi connectivity index (χ1n) is 8.62. The summed E-state index contributed by atoms with van der Waals surface area (Å²) in [4.78, 5) is 41.8. The standard InChI is InChI=1S/C18H22N4O5/c1-18(2,3)27-16(24)20-12-6-8-21(15(12)23)10-11-9-13-14(5-4-7-19-13)22(11)17(25)26/h4-5,7,9,12H,6,8,10H2,1-3H3,(H,20,24)(H,25,26). The molecule has 27 heavy (non-hydrogen) atoms. The van der Waals surface area contributed by atoms with Crippen LogP contribution >= 0.6 is 0 Å². The molecule has 2 aromatic heterocycles. The third-order valence-electron chi connectivity index (χ3n) is 4.18. The number of carbonyl (C=O) groups excluding carboxylic acids is 2. The van der Waals surface area contributed by atoms with E-state index in [0.717, 1.165) is 4.57 Å². The SMILES string of the molecule is CC(C)(C)OC(=O)NC1CCN(Cc2cc3ncccc3n2C(=O)O)C1=O. The largest absolute Gasteiger partial charge is 0.464 e. The first-order chi connectivity index (χ1) is 12.7. The second kappa shape index (κ2) is 6.90. The number of amides is 2. The van der Waals surface area contributed by atoms with E-state index in [1.807, 2.05) is 0 Å². The number of likely N-dealkylation sites (tertiary alicyclic amines) is 1. The summed E-state index contributed by atoms with van der Waals surface area (Å²) >= 11 is 0. The summed E-state index contributed by atoms with van der Waals surface area (Å²) in [7, 11) is 0. The fraction of sp³-hybridized carbons (Fsp3) is 0.444. The van der Waals surface area contributed by atoms with Gasteiger partial charge in [0.15, 0.2) is 0 Å². The zero-order chi connectivity index (χ0) is 19.8. The third-order valence-corrected chi connectivity index (χ3v) is 4.18. The van der Waals surface area contributed by atoms with E-state index in [9.17, 15) is 19.5 Å². The Hall–Kier alpha value is -3.10. The molecular formula is C18H22N4O5. The van der Waals surface area contributed by atoms with Crippen LogP contribution in [0.25, 0.3) is 11.0 Å². The average molecular weight is 374 g/mol. The molecule has 3 heterocycles. The predicted octanol–water partition coefficient (Wildman–Crippen LogP) is 2.19. The molecule has 3 rings (SSSR count). The summed E-state index contributed by atoms with van der Waals surface area (Å²) in [6.07, 6.45) is 0.235. The minimum absolute atomic E-state index is 0.119. The van der Waals surface area contributed by atoms with Crippen molar-refractivity contribution in [3.8, 4) is 0 Å². The van der Waals surface area contributed by atoms with Gasteiger partial charge in [-0.2, -0.15) is 0 Å². The molecule has 0 aromatic carbocycles. The molecule has 1 fully saturated rings. The number of alkyl carbamates (subject to hydrolysis) is 1. The maximum Gasteiger partial charge on any atom is 0.416 e. The van der Waals surface area contributed by atoms with Gasteiger partial charge in [0.2, 0.25) is 5.91 Å². The Balaban J connectivity index is 1.73. The number of ether oxygens (including phenoxy) is 1. The summed E-state index contributed by atoms with van der Waals surface area (Å²) in [6, 6.07) is 4.30. The van der Waals surface area contributed by atoms with Gasteiger partial charge >= 0.3 is 12.2 Å². The lowest BCUT2D eigenvalue weighted by molar-refractivity contribution is -0.130. The molecule has 1 aliphatic heterocycles. The fourth-order valence-corrected chi connectivity index (χ4v) is 3.10. The molecular weight excluding hydrogens is 352 g/mol. The molecule has 2 aromatic rings. The molecule has 1 aliphatic rings. The first kappa shape index (κ1) is 18.7. The van der Waals surface area contributed by atoms with Gasteiger partial charge in [0.1, 0.15) is 11.6 Å². The van der Waals surface area contributed by atoms with Gasteiger partial charge in [-0.25, -0.2) is 14.2 Å². The first-order valence-corrected chi connectivity index (χ1v) is 8.62. The number of carboxylic acid groups (broad SMARTS) is 1. The van der Waals surface area contributed by atoms with Crippen molar-refractivity contribution in [1.82, 2.24) is 19.8 Å². The van der Waals surface area contributed by atoms with Crippen molar-refractivity contribution in [2.45, 2.75) is 45.4 Å². The van der Waals surface area contributed by atoms with E-state index in [0.29, 0.717) is 29.7 Å². The minimum Gasteiger partial charge on any atom is -0.464 e. The van der Waals surface area contributed by atoms with Gasteiger partial charge in [-0.3, -0.25) is 9.78 Å². The van der Waals surface area contributed by atoms with Crippen molar-refractivity contribution in [1.29, 1.82) is 0 Å². The number of pyridine rings is 1. The molecule has 0 saturated carbocycles. The van der Waals surface area contributed by atoms with E-state index in [-0.39, 0.29) is 12.5 Å². The summed E-state index contributed by atoms with van der Waals surface area (Å²) < 4.78 is 6.31. The number of hydrogen-bond donors (Lipinski definition) is 2. The van der Waals surface area contributed by atoms with Crippen LogP contribution < -0.4 is 5.32 Å². The van der Waals surface area contributed by atoms with Crippen LogP contribution in [0.1, 0.15) is 32.9 Å². The van der Waals surface area contributed by atoms with Gasteiger partial charge in [0, 0.05) is 12.7 Å². The van der Waals surface area contributed by atoms with Crippen LogP contribution in [0.5, 0.6) is 0 Å². The molecule has 0 spiro atoms. The molecule has 0 aliphatic carbocycles. The molecule has 2 amide bonds. The van der Waals surface area contributed by atoms with Gasteiger partial charge in [0.25, 0.3) is 0 Å². The van der Waals surface area contributed by atoms with Crippen LogP contribution in [0.15, 0.2) is 24.4 Å². The van der Waals surface area contributed by atoms with Crippen molar-refractivity contribution in [2.75, 3.05) is 6.54 Å². The van der Waals surface area contributed by atoms with Gasteiger partial charge in [0.05, 0.1) is 23.3 Å². The molecule has 144 valence electrons. The quantitative estimate of drug-likeness (QED) is 0.851. The zero-order valence-electron chi connectivity index (χ0n) is 15.4. The van der Waals surface area contributed by atoms with Crippen molar-refractivity contribution in [3.63, 3.8) is 0 Å². The van der Waals surface area contributed by atoms with Gasteiger partial charge < -0.3 is 20.1 Å². The van der Waals surface area contributed by atoms with Gasteiger partial charge in [-0.05, 0) is 45.4 Å². The Kier molecular flexibility index (Phi) is 4.77. The highest BCUT2D eigenvalue weighted by molar-refractivity contribution is 5.89. The van der Waals surface area contributed by atoms with Gasteiger partial charge in [-0.15, -0.1) is 0 Å². The lowest BCUT2D eigenvalue weighted by Crippen LogP contribution is -2.43. The highest BCUT2D eigenvalue weighted by Crippen LogP contribution is 2.22. The molecule has 0 bridgehead atoms. The number of fused-ring (bicyclic) bond motifs is 1. The number of hydrogen-bond acceptors (Lipinski definition) is 5. The average Bonchev–Trinajstić information content (AvgIpc) is 3.08. The fourth-order valence-electron chi connectivity index (χ4n) is 3.10. The van der Waals surface area contributed by atoms with E-state index in [1.54, 1.807) is 45.2 Å². The zero-order valence-corrected chi connectivity index (χ0v) is 15.4. The van der Waals surface area contributed by atoms with Crippen LogP contribution in [-0.2, 0) is 16.1 Å². The molecule has 1 atom stereocenters. The lowest BCUT2D eigenvalue weighted by atomic mass is 10.2. The minimum atomic E-state index is -1.14. The Morgan fingerprint density at radius 3 is 2.81 bits per heavy atom. The van der Waals surface area contributed by atoms with Crippen molar-refractivity contribution in [3.05, 3.63) is 30.1 Å². The molecule has 0 radical (unpaired) electrons. The third kappa shape index (κ3) is 4.02. The monoisotopic (exact) mass is 374 g/mol. The highest BCUT2D eigenvalue weighted by Gasteiger charge is 2.34. The Labute approximate surface area is 155 Å². The number of nitrogens with zero attached hydrogens (tertiary/aromatic N) is 3. The summed E-state index contributed by atoms with van der Waals surface area (Å²) in [5, 5.41) is 12.1. The van der Waals surface area contributed by atoms with Crippen molar-refractivity contribution in [2.24, 2.45) is 0 Å². The van der Waals surface area contributed by atoms with Crippen LogP contribution in [0.4, 0.5) is 9.59 Å². The summed E-state index contributed by atoms with van der Waals surface area (Å²) in [6.45, 7) is 5.76. The highest BCUT2D eigenvalue weighted by atomic mass is 16.6. The van der Waals surface area contributed by atoms with E-state index < -0.39 is 23.8 Å². The number of aromatic nitrogens is 2. The smallest absolute Gasteiger partial charge is 0.416 e. The number of rotatable bonds is 3.